The van der Waals surface area contributed by atoms with Crippen LogP contribution in [-0.4, -0.2) is 29.1 Å². The zero-order chi connectivity index (χ0) is 12.5. The molecule has 3 rings (SSSR count). The van der Waals surface area contributed by atoms with E-state index in [9.17, 15) is 5.11 Å². The minimum atomic E-state index is 0.408. The predicted octanol–water partition coefficient (Wildman–Crippen LogP) is 2.76. The van der Waals surface area contributed by atoms with Gasteiger partial charge in [0.15, 0.2) is 0 Å². The molecule has 2 aliphatic rings. The van der Waals surface area contributed by atoms with E-state index in [4.69, 9.17) is 0 Å². The second kappa shape index (κ2) is 4.77. The lowest BCUT2D eigenvalue weighted by Crippen LogP contribution is -2.49. The van der Waals surface area contributed by atoms with Gasteiger partial charge in [0, 0.05) is 12.6 Å². The van der Waals surface area contributed by atoms with Crippen LogP contribution in [0.1, 0.15) is 24.0 Å². The highest BCUT2D eigenvalue weighted by Gasteiger charge is 2.34. The topological polar surface area (TPSA) is 23.5 Å². The third kappa shape index (κ3) is 2.05. The Morgan fingerprint density at radius 1 is 1.33 bits per heavy atom. The Labute approximate surface area is 109 Å². The lowest BCUT2D eigenvalue weighted by molar-refractivity contribution is 0.0972. The molecule has 1 heterocycles. The standard InChI is InChI=1S/C16H21NO/c1-2-7-17-8-3-4-13-9-14-10-15(18)6-5-12(14)11-16(13)17/h2,5-6,10,13,16,18H,1,3-4,7-9,11H2. The van der Waals surface area contributed by atoms with Crippen molar-refractivity contribution >= 4 is 0 Å². The quantitative estimate of drug-likeness (QED) is 0.807. The summed E-state index contributed by atoms with van der Waals surface area (Å²) in [5.41, 5.74) is 2.78. The van der Waals surface area contributed by atoms with Gasteiger partial charge in [-0.25, -0.2) is 0 Å². The van der Waals surface area contributed by atoms with E-state index in [0.29, 0.717) is 11.8 Å². The van der Waals surface area contributed by atoms with Crippen LogP contribution in [0.15, 0.2) is 30.9 Å². The summed E-state index contributed by atoms with van der Waals surface area (Å²) in [6.45, 7) is 6.09. The van der Waals surface area contributed by atoms with Gasteiger partial charge in [-0.05, 0) is 61.4 Å². The second-order valence-electron chi connectivity index (χ2n) is 5.61. The summed E-state index contributed by atoms with van der Waals surface area (Å²) in [5.74, 6) is 1.17. The molecule has 1 aliphatic carbocycles. The highest BCUT2D eigenvalue weighted by atomic mass is 16.3. The summed E-state index contributed by atoms with van der Waals surface area (Å²) >= 11 is 0. The number of phenolic OH excluding ortho intramolecular Hbond substituents is 1. The third-order valence-electron chi connectivity index (χ3n) is 4.50. The highest BCUT2D eigenvalue weighted by molar-refractivity contribution is 5.37. The first-order chi connectivity index (χ1) is 8.78. The van der Waals surface area contributed by atoms with Gasteiger partial charge in [-0.15, -0.1) is 6.58 Å². The molecule has 18 heavy (non-hydrogen) atoms. The molecule has 2 unspecified atom stereocenters. The van der Waals surface area contributed by atoms with Crippen LogP contribution in [0.5, 0.6) is 5.75 Å². The number of hydrogen-bond acceptors (Lipinski definition) is 2. The van der Waals surface area contributed by atoms with E-state index in [1.807, 2.05) is 18.2 Å². The molecule has 0 bridgehead atoms. The summed E-state index contributed by atoms with van der Waals surface area (Å²) in [4.78, 5) is 2.58. The van der Waals surface area contributed by atoms with E-state index in [-0.39, 0.29) is 0 Å². The molecule has 2 heteroatoms. The van der Waals surface area contributed by atoms with E-state index < -0.39 is 0 Å². The summed E-state index contributed by atoms with van der Waals surface area (Å²) < 4.78 is 0. The van der Waals surface area contributed by atoms with Gasteiger partial charge >= 0.3 is 0 Å². The molecule has 0 aromatic heterocycles. The van der Waals surface area contributed by atoms with Crippen molar-refractivity contribution in [3.8, 4) is 5.75 Å². The largest absolute Gasteiger partial charge is 0.508 e. The van der Waals surface area contributed by atoms with Gasteiger partial charge in [0.05, 0.1) is 0 Å². The SMILES string of the molecule is C=CCN1CCCC2Cc3cc(O)ccc3CC21. The molecule has 0 amide bonds. The number of fused-ring (bicyclic) bond motifs is 2. The van der Waals surface area contributed by atoms with Crippen LogP contribution in [-0.2, 0) is 12.8 Å². The maximum absolute atomic E-state index is 9.60. The number of rotatable bonds is 2. The number of aromatic hydroxyl groups is 1. The van der Waals surface area contributed by atoms with Crippen molar-refractivity contribution in [2.45, 2.75) is 31.7 Å². The zero-order valence-electron chi connectivity index (χ0n) is 10.8. The molecule has 2 atom stereocenters. The van der Waals surface area contributed by atoms with Crippen molar-refractivity contribution in [1.29, 1.82) is 0 Å². The van der Waals surface area contributed by atoms with Crippen LogP contribution in [0.25, 0.3) is 0 Å². The van der Waals surface area contributed by atoms with Crippen LogP contribution >= 0.6 is 0 Å². The Bertz CT molecular complexity index is 454. The fourth-order valence-corrected chi connectivity index (χ4v) is 3.65. The fraction of sp³-hybridized carbons (Fsp3) is 0.500. The molecule has 0 spiro atoms. The van der Waals surface area contributed by atoms with E-state index >= 15 is 0 Å². The van der Waals surface area contributed by atoms with Gasteiger partial charge in [0.2, 0.25) is 0 Å². The van der Waals surface area contributed by atoms with Crippen molar-refractivity contribution in [1.82, 2.24) is 4.90 Å². The maximum atomic E-state index is 9.60. The molecule has 1 N–H and O–H groups in total. The van der Waals surface area contributed by atoms with E-state index in [0.717, 1.165) is 25.3 Å². The molecule has 0 saturated carbocycles. The zero-order valence-corrected chi connectivity index (χ0v) is 10.8. The molecular weight excluding hydrogens is 222 g/mol. The monoisotopic (exact) mass is 243 g/mol. The van der Waals surface area contributed by atoms with Gasteiger partial charge < -0.3 is 5.11 Å². The van der Waals surface area contributed by atoms with Crippen molar-refractivity contribution in [2.24, 2.45) is 5.92 Å². The molecule has 1 aliphatic heterocycles. The molecule has 2 nitrogen and oxygen atoms in total. The van der Waals surface area contributed by atoms with Gasteiger partial charge in [0.25, 0.3) is 0 Å². The van der Waals surface area contributed by atoms with Gasteiger partial charge in [0.1, 0.15) is 5.75 Å². The first kappa shape index (κ1) is 11.8. The van der Waals surface area contributed by atoms with Crippen LogP contribution in [0.3, 0.4) is 0 Å². The Hall–Kier alpha value is -1.28. The normalized spacial score (nSPS) is 27.3. The Morgan fingerprint density at radius 3 is 3.06 bits per heavy atom. The average molecular weight is 243 g/mol. The molecule has 0 radical (unpaired) electrons. The molecule has 1 saturated heterocycles. The third-order valence-corrected chi connectivity index (χ3v) is 4.50. The number of benzene rings is 1. The maximum Gasteiger partial charge on any atom is 0.115 e. The average Bonchev–Trinajstić information content (AvgIpc) is 2.37. The van der Waals surface area contributed by atoms with E-state index in [2.05, 4.69) is 17.5 Å². The second-order valence-corrected chi connectivity index (χ2v) is 5.61. The van der Waals surface area contributed by atoms with Gasteiger partial charge in [-0.1, -0.05) is 12.1 Å². The summed E-state index contributed by atoms with van der Waals surface area (Å²) in [6, 6.07) is 6.55. The predicted molar refractivity (Wildman–Crippen MR) is 73.8 cm³/mol. The number of likely N-dealkylation sites (tertiary alicyclic amines) is 1. The van der Waals surface area contributed by atoms with Crippen LogP contribution < -0.4 is 0 Å². The van der Waals surface area contributed by atoms with Crippen LogP contribution in [0.4, 0.5) is 0 Å². The van der Waals surface area contributed by atoms with Crippen molar-refractivity contribution in [2.75, 3.05) is 13.1 Å². The number of hydrogen-bond donors (Lipinski definition) is 1. The van der Waals surface area contributed by atoms with Crippen molar-refractivity contribution in [3.63, 3.8) is 0 Å². The summed E-state index contributed by atoms with van der Waals surface area (Å²) in [7, 11) is 0. The molecular formula is C16H21NO. The lowest BCUT2D eigenvalue weighted by atomic mass is 9.75. The summed E-state index contributed by atoms with van der Waals surface area (Å²) in [5, 5.41) is 9.60. The Morgan fingerprint density at radius 2 is 2.22 bits per heavy atom. The van der Waals surface area contributed by atoms with Gasteiger partial charge in [-0.2, -0.15) is 0 Å². The highest BCUT2D eigenvalue weighted by Crippen LogP contribution is 2.36. The number of nitrogens with zero attached hydrogens (tertiary/aromatic N) is 1. The van der Waals surface area contributed by atoms with Crippen LogP contribution in [0.2, 0.25) is 0 Å². The van der Waals surface area contributed by atoms with E-state index in [1.54, 1.807) is 0 Å². The van der Waals surface area contributed by atoms with E-state index in [1.165, 1.54) is 30.5 Å². The smallest absolute Gasteiger partial charge is 0.115 e. The minimum absolute atomic E-state index is 0.408. The van der Waals surface area contributed by atoms with Crippen LogP contribution in [0, 0.1) is 5.92 Å². The lowest BCUT2D eigenvalue weighted by Gasteiger charge is -2.44. The number of piperidine rings is 1. The van der Waals surface area contributed by atoms with Crippen molar-refractivity contribution < 1.29 is 5.11 Å². The van der Waals surface area contributed by atoms with Crippen molar-refractivity contribution in [3.05, 3.63) is 42.0 Å². The number of phenols is 1. The Balaban J connectivity index is 1.87. The molecule has 96 valence electrons. The van der Waals surface area contributed by atoms with Gasteiger partial charge in [-0.3, -0.25) is 4.90 Å². The fourth-order valence-electron chi connectivity index (χ4n) is 3.65. The summed E-state index contributed by atoms with van der Waals surface area (Å²) in [6.07, 6.45) is 6.90. The minimum Gasteiger partial charge on any atom is -0.508 e. The molecule has 1 aromatic rings. The molecule has 1 aromatic carbocycles. The first-order valence-corrected chi connectivity index (χ1v) is 6.93. The first-order valence-electron chi connectivity index (χ1n) is 6.93. The Kier molecular flexibility index (Phi) is 3.13. The molecule has 1 fully saturated rings.